The van der Waals surface area contributed by atoms with Crippen molar-refractivity contribution in [3.8, 4) is 5.75 Å². The van der Waals surface area contributed by atoms with Crippen LogP contribution in [0.2, 0.25) is 5.02 Å². The molecule has 0 aliphatic carbocycles. The number of pyridine rings is 1. The second-order valence-corrected chi connectivity index (χ2v) is 4.53. The minimum absolute atomic E-state index is 0.473. The van der Waals surface area contributed by atoms with E-state index in [-0.39, 0.29) is 0 Å². The molecule has 0 bridgehead atoms. The maximum atomic E-state index is 5.84. The zero-order valence-corrected chi connectivity index (χ0v) is 10.8. The predicted octanol–water partition coefficient (Wildman–Crippen LogP) is 3.43. The molecule has 0 aliphatic rings. The Morgan fingerprint density at radius 1 is 1.19 bits per heavy atom. The van der Waals surface area contributed by atoms with Gasteiger partial charge in [-0.3, -0.25) is 0 Å². The first-order valence-corrected chi connectivity index (χ1v) is 5.95. The molecule has 2 aromatic rings. The van der Waals surface area contributed by atoms with Crippen LogP contribution in [-0.2, 0) is 6.73 Å². The van der Waals surface area contributed by atoms with E-state index in [4.69, 9.17) is 16.3 Å². The van der Waals surface area contributed by atoms with Crippen LogP contribution >= 0.6 is 27.5 Å². The molecule has 2 nitrogen and oxygen atoms in total. The van der Waals surface area contributed by atoms with Crippen molar-refractivity contribution in [2.24, 2.45) is 0 Å². The Bertz CT molecular complexity index is 476. The van der Waals surface area contributed by atoms with Crippen LogP contribution in [0.1, 0.15) is 0 Å². The minimum Gasteiger partial charge on any atom is -0.435 e. The second-order valence-electron chi connectivity index (χ2n) is 3.24. The van der Waals surface area contributed by atoms with E-state index in [0.29, 0.717) is 11.8 Å². The molecule has 4 heteroatoms. The number of benzene rings is 1. The zero-order chi connectivity index (χ0) is 11.4. The van der Waals surface area contributed by atoms with Crippen molar-refractivity contribution in [3.63, 3.8) is 0 Å². The lowest BCUT2D eigenvalue weighted by molar-refractivity contribution is -0.724. The minimum atomic E-state index is 0.473. The molecule has 1 heterocycles. The molecule has 0 unspecified atom stereocenters. The van der Waals surface area contributed by atoms with Crippen LogP contribution in [0.4, 0.5) is 0 Å². The first-order chi connectivity index (χ1) is 7.75. The molecule has 0 aliphatic heterocycles. The summed E-state index contributed by atoms with van der Waals surface area (Å²) in [5, 5.41) is 0.687. The SMILES string of the molecule is Clc1ccc(OC[n+]2ccccc2)c(Br)c1. The molecule has 0 atom stereocenters. The first kappa shape index (κ1) is 11.4. The van der Waals surface area contributed by atoms with Crippen molar-refractivity contribution in [3.05, 3.63) is 58.3 Å². The van der Waals surface area contributed by atoms with E-state index in [1.807, 2.05) is 47.3 Å². The van der Waals surface area contributed by atoms with Gasteiger partial charge in [-0.2, -0.15) is 4.57 Å². The van der Waals surface area contributed by atoms with Gasteiger partial charge in [-0.15, -0.1) is 0 Å². The molecule has 1 aromatic heterocycles. The normalized spacial score (nSPS) is 10.1. The topological polar surface area (TPSA) is 13.1 Å². The van der Waals surface area contributed by atoms with Crippen LogP contribution < -0.4 is 9.30 Å². The monoisotopic (exact) mass is 298 g/mol. The van der Waals surface area contributed by atoms with Gasteiger partial charge in [-0.05, 0) is 34.1 Å². The van der Waals surface area contributed by atoms with Gasteiger partial charge in [0.15, 0.2) is 12.4 Å². The Morgan fingerprint density at radius 2 is 1.94 bits per heavy atom. The largest absolute Gasteiger partial charge is 0.435 e. The van der Waals surface area contributed by atoms with Gasteiger partial charge in [0.25, 0.3) is 6.73 Å². The highest BCUT2D eigenvalue weighted by Crippen LogP contribution is 2.27. The van der Waals surface area contributed by atoms with Crippen molar-refractivity contribution >= 4 is 27.5 Å². The van der Waals surface area contributed by atoms with E-state index < -0.39 is 0 Å². The summed E-state index contributed by atoms with van der Waals surface area (Å²) in [5.74, 6) is 0.778. The second kappa shape index (κ2) is 5.32. The average molecular weight is 300 g/mol. The summed E-state index contributed by atoms with van der Waals surface area (Å²) in [6.07, 6.45) is 3.90. The van der Waals surface area contributed by atoms with E-state index >= 15 is 0 Å². The Balaban J connectivity index is 2.05. The summed E-state index contributed by atoms with van der Waals surface area (Å²) in [4.78, 5) is 0. The molecule has 2 rings (SSSR count). The van der Waals surface area contributed by atoms with Gasteiger partial charge in [-0.25, -0.2) is 0 Å². The van der Waals surface area contributed by atoms with Crippen LogP contribution in [-0.4, -0.2) is 0 Å². The van der Waals surface area contributed by atoms with Crippen LogP contribution in [0, 0.1) is 0 Å². The van der Waals surface area contributed by atoms with E-state index in [9.17, 15) is 0 Å². The molecule has 0 N–H and O–H groups in total. The van der Waals surface area contributed by atoms with Crippen molar-refractivity contribution in [1.29, 1.82) is 0 Å². The molecular formula is C12H10BrClNO+. The Morgan fingerprint density at radius 3 is 2.62 bits per heavy atom. The van der Waals surface area contributed by atoms with Gasteiger partial charge in [0.2, 0.25) is 0 Å². The first-order valence-electron chi connectivity index (χ1n) is 4.77. The number of nitrogens with zero attached hydrogens (tertiary/aromatic N) is 1. The van der Waals surface area contributed by atoms with Gasteiger partial charge in [0.1, 0.15) is 5.75 Å². The third-order valence-corrected chi connectivity index (χ3v) is 2.90. The number of aromatic nitrogens is 1. The van der Waals surface area contributed by atoms with Crippen molar-refractivity contribution in [2.45, 2.75) is 6.73 Å². The van der Waals surface area contributed by atoms with Crippen molar-refractivity contribution < 1.29 is 9.30 Å². The fourth-order valence-corrected chi connectivity index (χ4v) is 2.05. The average Bonchev–Trinajstić information content (AvgIpc) is 2.29. The summed E-state index contributed by atoms with van der Waals surface area (Å²) in [6, 6.07) is 11.3. The lowest BCUT2D eigenvalue weighted by Gasteiger charge is -2.05. The Labute approximate surface area is 108 Å². The number of hydrogen-bond donors (Lipinski definition) is 0. The van der Waals surface area contributed by atoms with E-state index in [1.54, 1.807) is 6.07 Å². The number of halogens is 2. The molecule has 1 aromatic carbocycles. The number of rotatable bonds is 3. The Kier molecular flexibility index (Phi) is 3.80. The van der Waals surface area contributed by atoms with Crippen LogP contribution in [0.5, 0.6) is 5.75 Å². The van der Waals surface area contributed by atoms with Gasteiger partial charge >= 0.3 is 0 Å². The summed E-state index contributed by atoms with van der Waals surface area (Å²) < 4.78 is 8.44. The van der Waals surface area contributed by atoms with E-state index in [2.05, 4.69) is 15.9 Å². The highest BCUT2D eigenvalue weighted by molar-refractivity contribution is 9.10. The molecule has 0 amide bonds. The standard InChI is InChI=1S/C12H10BrClNO/c13-11-8-10(14)4-5-12(11)16-9-15-6-2-1-3-7-15/h1-8H,9H2/q+1. The summed E-state index contributed by atoms with van der Waals surface area (Å²) in [7, 11) is 0. The predicted molar refractivity (Wildman–Crippen MR) is 66.4 cm³/mol. The summed E-state index contributed by atoms with van der Waals surface area (Å²) in [6.45, 7) is 0.473. The van der Waals surface area contributed by atoms with Gasteiger partial charge in [0.05, 0.1) is 4.47 Å². The van der Waals surface area contributed by atoms with Crippen molar-refractivity contribution in [1.82, 2.24) is 0 Å². The number of hydrogen-bond acceptors (Lipinski definition) is 1. The van der Waals surface area contributed by atoms with E-state index in [1.165, 1.54) is 0 Å². The summed E-state index contributed by atoms with van der Waals surface area (Å²) >= 11 is 9.25. The highest BCUT2D eigenvalue weighted by atomic mass is 79.9. The maximum absolute atomic E-state index is 5.84. The molecule has 0 fully saturated rings. The zero-order valence-electron chi connectivity index (χ0n) is 8.44. The molecule has 82 valence electrons. The molecule has 0 radical (unpaired) electrons. The van der Waals surface area contributed by atoms with Gasteiger partial charge in [-0.1, -0.05) is 17.7 Å². The van der Waals surface area contributed by atoms with Crippen LogP contribution in [0.3, 0.4) is 0 Å². The highest BCUT2D eigenvalue weighted by Gasteiger charge is 2.04. The quantitative estimate of drug-likeness (QED) is 0.792. The third kappa shape index (κ3) is 2.97. The fraction of sp³-hybridized carbons (Fsp3) is 0.0833. The molecule has 0 saturated heterocycles. The molecule has 16 heavy (non-hydrogen) atoms. The van der Waals surface area contributed by atoms with Gasteiger partial charge in [0, 0.05) is 17.2 Å². The van der Waals surface area contributed by atoms with Gasteiger partial charge < -0.3 is 4.74 Å². The maximum Gasteiger partial charge on any atom is 0.292 e. The third-order valence-electron chi connectivity index (χ3n) is 2.04. The Hall–Kier alpha value is -1.06. The lowest BCUT2D eigenvalue weighted by Crippen LogP contribution is -2.35. The molecule has 0 saturated carbocycles. The van der Waals surface area contributed by atoms with Crippen molar-refractivity contribution in [2.75, 3.05) is 0 Å². The van der Waals surface area contributed by atoms with Crippen LogP contribution in [0.15, 0.2) is 53.3 Å². The fourth-order valence-electron chi connectivity index (χ4n) is 1.26. The van der Waals surface area contributed by atoms with E-state index in [0.717, 1.165) is 10.2 Å². The number of ether oxygens (including phenoxy) is 1. The molecular weight excluding hydrogens is 289 g/mol. The lowest BCUT2D eigenvalue weighted by atomic mass is 10.3. The smallest absolute Gasteiger partial charge is 0.292 e. The summed E-state index contributed by atoms with van der Waals surface area (Å²) in [5.41, 5.74) is 0. The van der Waals surface area contributed by atoms with Crippen LogP contribution in [0.25, 0.3) is 0 Å². The molecule has 0 spiro atoms.